The smallest absolute Gasteiger partial charge is 0.313 e. The minimum atomic E-state index is -0.597. The molecule has 2 rings (SSSR count). The maximum atomic E-state index is 12.2. The molecule has 0 aromatic heterocycles. The summed E-state index contributed by atoms with van der Waals surface area (Å²) in [6.07, 6.45) is 0.860. The number of anilines is 1. The summed E-state index contributed by atoms with van der Waals surface area (Å²) in [5.41, 5.74) is 1.46. The Morgan fingerprint density at radius 3 is 2.90 bits per heavy atom. The topological polar surface area (TPSA) is 70.7 Å². The van der Waals surface area contributed by atoms with Crippen LogP contribution in [0.2, 0.25) is 0 Å². The lowest BCUT2D eigenvalue weighted by Crippen LogP contribution is -2.41. The zero-order chi connectivity index (χ0) is 15.1. The van der Waals surface area contributed by atoms with Crippen LogP contribution in [0.3, 0.4) is 0 Å². The van der Waals surface area contributed by atoms with E-state index in [1.54, 1.807) is 18.1 Å². The van der Waals surface area contributed by atoms with Crippen LogP contribution in [0.4, 0.5) is 5.69 Å². The highest BCUT2D eigenvalue weighted by atomic mass is 16.5. The Bertz CT molecular complexity index is 497. The van der Waals surface area contributed by atoms with Gasteiger partial charge in [0, 0.05) is 38.0 Å². The zero-order valence-electron chi connectivity index (χ0n) is 12.2. The van der Waals surface area contributed by atoms with Crippen molar-refractivity contribution in [2.75, 3.05) is 38.6 Å². The van der Waals surface area contributed by atoms with Gasteiger partial charge in [0.15, 0.2) is 0 Å². The van der Waals surface area contributed by atoms with Crippen LogP contribution in [-0.4, -0.2) is 50.0 Å². The Kier molecular flexibility index (Phi) is 5.71. The van der Waals surface area contributed by atoms with Gasteiger partial charge in [0.05, 0.1) is 6.61 Å². The van der Waals surface area contributed by atoms with Crippen molar-refractivity contribution in [1.82, 2.24) is 10.2 Å². The fourth-order valence-corrected chi connectivity index (χ4v) is 2.29. The van der Waals surface area contributed by atoms with E-state index in [9.17, 15) is 9.59 Å². The Hall–Kier alpha value is -1.92. The van der Waals surface area contributed by atoms with Crippen molar-refractivity contribution in [2.45, 2.75) is 13.0 Å². The summed E-state index contributed by atoms with van der Waals surface area (Å²) in [6, 6.07) is 7.31. The van der Waals surface area contributed by atoms with E-state index in [2.05, 4.69) is 10.6 Å². The van der Waals surface area contributed by atoms with Crippen molar-refractivity contribution in [1.29, 1.82) is 0 Å². The highest BCUT2D eigenvalue weighted by Crippen LogP contribution is 2.16. The molecule has 2 N–H and O–H groups in total. The Balaban J connectivity index is 2.01. The molecule has 21 heavy (non-hydrogen) atoms. The molecule has 0 radical (unpaired) electrons. The molecule has 1 saturated heterocycles. The molecule has 1 aliphatic heterocycles. The van der Waals surface area contributed by atoms with E-state index in [-0.39, 0.29) is 0 Å². The minimum Gasteiger partial charge on any atom is -0.380 e. The standard InChI is InChI=1S/C15H21N3O3/c1-21-11-12-5-2-3-6-13(12)17-14(19)15(20)18-9-4-7-16-8-10-18/h2-3,5-6,16H,4,7-11H2,1H3,(H,17,19). The van der Waals surface area contributed by atoms with Crippen LogP contribution >= 0.6 is 0 Å². The number of benzene rings is 1. The normalized spacial score (nSPS) is 15.4. The molecule has 0 atom stereocenters. The van der Waals surface area contributed by atoms with Gasteiger partial charge in [0.1, 0.15) is 0 Å². The second-order valence-corrected chi connectivity index (χ2v) is 4.94. The quantitative estimate of drug-likeness (QED) is 0.800. The SMILES string of the molecule is COCc1ccccc1NC(=O)C(=O)N1CCCNCC1. The largest absolute Gasteiger partial charge is 0.380 e. The number of nitrogens with one attached hydrogen (secondary N) is 2. The van der Waals surface area contributed by atoms with Crippen molar-refractivity contribution in [2.24, 2.45) is 0 Å². The van der Waals surface area contributed by atoms with Gasteiger partial charge in [0.25, 0.3) is 0 Å². The third-order valence-electron chi connectivity index (χ3n) is 3.39. The number of rotatable bonds is 3. The Labute approximate surface area is 124 Å². The van der Waals surface area contributed by atoms with Crippen molar-refractivity contribution >= 4 is 17.5 Å². The van der Waals surface area contributed by atoms with Crippen molar-refractivity contribution in [3.8, 4) is 0 Å². The second kappa shape index (κ2) is 7.75. The molecule has 0 spiro atoms. The zero-order valence-corrected chi connectivity index (χ0v) is 12.2. The predicted molar refractivity (Wildman–Crippen MR) is 79.9 cm³/mol. The lowest BCUT2D eigenvalue weighted by atomic mass is 10.2. The molecule has 0 bridgehead atoms. The van der Waals surface area contributed by atoms with Crippen LogP contribution < -0.4 is 10.6 Å². The Morgan fingerprint density at radius 1 is 1.29 bits per heavy atom. The molecule has 1 aromatic carbocycles. The summed E-state index contributed by atoms with van der Waals surface area (Å²) in [7, 11) is 1.59. The number of hydrogen-bond donors (Lipinski definition) is 2. The van der Waals surface area contributed by atoms with Gasteiger partial charge >= 0.3 is 11.8 Å². The molecule has 6 nitrogen and oxygen atoms in total. The fraction of sp³-hybridized carbons (Fsp3) is 0.467. The Morgan fingerprint density at radius 2 is 2.10 bits per heavy atom. The maximum absolute atomic E-state index is 12.2. The molecule has 0 aliphatic carbocycles. The van der Waals surface area contributed by atoms with Crippen LogP contribution in [0.1, 0.15) is 12.0 Å². The van der Waals surface area contributed by atoms with Gasteiger partial charge in [-0.25, -0.2) is 0 Å². The van der Waals surface area contributed by atoms with Crippen LogP contribution in [-0.2, 0) is 20.9 Å². The average Bonchev–Trinajstić information content (AvgIpc) is 2.78. The van der Waals surface area contributed by atoms with Gasteiger partial charge in [0.2, 0.25) is 0 Å². The number of carbonyl (C=O) groups excluding carboxylic acids is 2. The maximum Gasteiger partial charge on any atom is 0.313 e. The van der Waals surface area contributed by atoms with E-state index in [4.69, 9.17) is 4.74 Å². The van der Waals surface area contributed by atoms with Crippen LogP contribution in [0.25, 0.3) is 0 Å². The molecule has 6 heteroatoms. The molecule has 1 aliphatic rings. The molecule has 1 aromatic rings. The van der Waals surface area contributed by atoms with E-state index < -0.39 is 11.8 Å². The van der Waals surface area contributed by atoms with Gasteiger partial charge in [-0.1, -0.05) is 18.2 Å². The average molecular weight is 291 g/mol. The number of para-hydroxylation sites is 1. The predicted octanol–water partition coefficient (Wildman–Crippen LogP) is 0.593. The van der Waals surface area contributed by atoms with E-state index >= 15 is 0 Å². The first-order valence-corrected chi connectivity index (χ1v) is 7.10. The third kappa shape index (κ3) is 4.27. The molecule has 0 unspecified atom stereocenters. The van der Waals surface area contributed by atoms with Crippen molar-refractivity contribution < 1.29 is 14.3 Å². The van der Waals surface area contributed by atoms with E-state index in [0.29, 0.717) is 25.4 Å². The number of carbonyl (C=O) groups is 2. The lowest BCUT2D eigenvalue weighted by Gasteiger charge is -2.19. The number of methoxy groups -OCH3 is 1. The van der Waals surface area contributed by atoms with Crippen LogP contribution in [0.5, 0.6) is 0 Å². The summed E-state index contributed by atoms with van der Waals surface area (Å²) in [5.74, 6) is -1.08. The first kappa shape index (κ1) is 15.5. The molecular formula is C15H21N3O3. The number of hydrogen-bond acceptors (Lipinski definition) is 4. The van der Waals surface area contributed by atoms with Gasteiger partial charge in [-0.2, -0.15) is 0 Å². The highest BCUT2D eigenvalue weighted by molar-refractivity contribution is 6.39. The van der Waals surface area contributed by atoms with Crippen molar-refractivity contribution in [3.05, 3.63) is 29.8 Å². The number of ether oxygens (including phenoxy) is 1. The second-order valence-electron chi connectivity index (χ2n) is 4.94. The van der Waals surface area contributed by atoms with Crippen LogP contribution in [0.15, 0.2) is 24.3 Å². The van der Waals surface area contributed by atoms with Gasteiger partial charge in [-0.15, -0.1) is 0 Å². The minimum absolute atomic E-state index is 0.387. The number of nitrogens with zero attached hydrogens (tertiary/aromatic N) is 1. The van der Waals surface area contributed by atoms with E-state index in [0.717, 1.165) is 25.1 Å². The molecular weight excluding hydrogens is 270 g/mol. The van der Waals surface area contributed by atoms with Gasteiger partial charge in [-0.3, -0.25) is 9.59 Å². The van der Waals surface area contributed by atoms with Gasteiger partial charge in [-0.05, 0) is 19.0 Å². The summed E-state index contributed by atoms with van der Waals surface area (Å²) < 4.78 is 5.09. The highest BCUT2D eigenvalue weighted by Gasteiger charge is 2.23. The fourth-order valence-electron chi connectivity index (χ4n) is 2.29. The summed E-state index contributed by atoms with van der Waals surface area (Å²) in [5, 5.41) is 5.89. The summed E-state index contributed by atoms with van der Waals surface area (Å²) in [4.78, 5) is 25.9. The van der Waals surface area contributed by atoms with E-state index in [1.807, 2.05) is 18.2 Å². The first-order valence-electron chi connectivity index (χ1n) is 7.10. The summed E-state index contributed by atoms with van der Waals surface area (Å²) in [6.45, 7) is 3.16. The molecule has 2 amide bonds. The molecule has 114 valence electrons. The van der Waals surface area contributed by atoms with Gasteiger partial charge < -0.3 is 20.3 Å². The third-order valence-corrected chi connectivity index (χ3v) is 3.39. The van der Waals surface area contributed by atoms with Crippen molar-refractivity contribution in [3.63, 3.8) is 0 Å². The first-order chi connectivity index (χ1) is 10.2. The molecule has 1 heterocycles. The number of amides is 2. The van der Waals surface area contributed by atoms with Crippen LogP contribution in [0, 0.1) is 0 Å². The lowest BCUT2D eigenvalue weighted by molar-refractivity contribution is -0.143. The molecule has 1 fully saturated rings. The van der Waals surface area contributed by atoms with E-state index in [1.165, 1.54) is 0 Å². The monoisotopic (exact) mass is 291 g/mol. The summed E-state index contributed by atoms with van der Waals surface area (Å²) >= 11 is 0. The molecule has 0 saturated carbocycles.